The molecule has 2 aromatic rings. The first-order valence-electron chi connectivity index (χ1n) is 9.40. The van der Waals surface area contributed by atoms with E-state index in [-0.39, 0.29) is 0 Å². The van der Waals surface area contributed by atoms with Crippen LogP contribution in [-0.2, 0) is 4.79 Å². The molecule has 0 aromatic carbocycles. The molecule has 2 fully saturated rings. The fraction of sp³-hybridized carbons (Fsp3) is 0.632. The van der Waals surface area contributed by atoms with Gasteiger partial charge < -0.3 is 10.2 Å². The number of amides is 1. The SMILES string of the molecule is Cc1sc2ncnc(SCCC(=O)N3CCC4(CCNC4)CC3)c2c1C. The smallest absolute Gasteiger partial charge is 0.223 e. The van der Waals surface area contributed by atoms with Crippen LogP contribution in [0.5, 0.6) is 0 Å². The zero-order valence-electron chi connectivity index (χ0n) is 15.5. The molecular formula is C19H26N4OS2. The minimum atomic E-state index is 0.293. The van der Waals surface area contributed by atoms with Crippen LogP contribution in [0.4, 0.5) is 0 Å². The molecule has 0 atom stereocenters. The van der Waals surface area contributed by atoms with E-state index >= 15 is 0 Å². The van der Waals surface area contributed by atoms with Crippen molar-refractivity contribution >= 4 is 39.2 Å². The molecule has 1 spiro atoms. The van der Waals surface area contributed by atoms with Gasteiger partial charge in [-0.1, -0.05) is 0 Å². The molecule has 26 heavy (non-hydrogen) atoms. The molecular weight excluding hydrogens is 364 g/mol. The van der Waals surface area contributed by atoms with Crippen LogP contribution in [0.15, 0.2) is 11.4 Å². The Morgan fingerprint density at radius 3 is 2.85 bits per heavy atom. The highest BCUT2D eigenvalue weighted by molar-refractivity contribution is 7.99. The first kappa shape index (κ1) is 18.2. The number of nitrogens with one attached hydrogen (secondary N) is 1. The number of hydrogen-bond donors (Lipinski definition) is 1. The summed E-state index contributed by atoms with van der Waals surface area (Å²) in [6.07, 6.45) is 5.80. The number of thioether (sulfide) groups is 1. The van der Waals surface area contributed by atoms with Gasteiger partial charge in [0.25, 0.3) is 0 Å². The fourth-order valence-corrected chi connectivity index (χ4v) is 6.15. The Kier molecular flexibility index (Phi) is 5.21. The van der Waals surface area contributed by atoms with Crippen molar-refractivity contribution < 1.29 is 4.79 Å². The van der Waals surface area contributed by atoms with Crippen LogP contribution in [0.3, 0.4) is 0 Å². The van der Waals surface area contributed by atoms with E-state index in [2.05, 4.69) is 34.0 Å². The number of carbonyl (C=O) groups excluding carboxylic acids is 1. The van der Waals surface area contributed by atoms with Gasteiger partial charge in [0.2, 0.25) is 5.91 Å². The number of aryl methyl sites for hydroxylation is 2. The highest BCUT2D eigenvalue weighted by atomic mass is 32.2. The van der Waals surface area contributed by atoms with Gasteiger partial charge in [0.1, 0.15) is 16.2 Å². The molecule has 1 N–H and O–H groups in total. The van der Waals surface area contributed by atoms with Gasteiger partial charge in [-0.25, -0.2) is 9.97 Å². The molecule has 5 nitrogen and oxygen atoms in total. The van der Waals surface area contributed by atoms with Crippen LogP contribution in [0.2, 0.25) is 0 Å². The second kappa shape index (κ2) is 7.44. The minimum Gasteiger partial charge on any atom is -0.343 e. The van der Waals surface area contributed by atoms with Gasteiger partial charge in [-0.2, -0.15) is 0 Å². The van der Waals surface area contributed by atoms with Crippen molar-refractivity contribution in [3.8, 4) is 0 Å². The summed E-state index contributed by atoms with van der Waals surface area (Å²) in [5, 5.41) is 5.66. The summed E-state index contributed by atoms with van der Waals surface area (Å²) >= 11 is 3.41. The largest absolute Gasteiger partial charge is 0.343 e. The Bertz CT molecular complexity index is 803. The number of nitrogens with zero attached hydrogens (tertiary/aromatic N) is 3. The van der Waals surface area contributed by atoms with E-state index in [1.54, 1.807) is 29.4 Å². The van der Waals surface area contributed by atoms with Crippen LogP contribution in [0.25, 0.3) is 10.2 Å². The molecule has 0 bridgehead atoms. The van der Waals surface area contributed by atoms with Gasteiger partial charge in [-0.15, -0.1) is 23.1 Å². The Hall–Kier alpha value is -1.18. The Labute approximate surface area is 163 Å². The average Bonchev–Trinajstić information content (AvgIpc) is 3.21. The average molecular weight is 391 g/mol. The van der Waals surface area contributed by atoms with Gasteiger partial charge in [-0.3, -0.25) is 4.79 Å². The maximum atomic E-state index is 12.6. The predicted octanol–water partition coefficient (Wildman–Crippen LogP) is 3.39. The molecule has 1 amide bonds. The minimum absolute atomic E-state index is 0.293. The molecule has 7 heteroatoms. The maximum Gasteiger partial charge on any atom is 0.223 e. The zero-order chi connectivity index (χ0) is 18.1. The van der Waals surface area contributed by atoms with Crippen LogP contribution in [-0.4, -0.2) is 52.7 Å². The summed E-state index contributed by atoms with van der Waals surface area (Å²) < 4.78 is 0. The number of likely N-dealkylation sites (tertiary alicyclic amines) is 1. The zero-order valence-corrected chi connectivity index (χ0v) is 17.1. The van der Waals surface area contributed by atoms with Gasteiger partial charge >= 0.3 is 0 Å². The van der Waals surface area contributed by atoms with Crippen LogP contribution >= 0.6 is 23.1 Å². The van der Waals surface area contributed by atoms with Crippen molar-refractivity contribution in [1.82, 2.24) is 20.2 Å². The molecule has 4 heterocycles. The summed E-state index contributed by atoms with van der Waals surface area (Å²) in [7, 11) is 0. The number of piperidine rings is 1. The molecule has 4 rings (SSSR count). The summed E-state index contributed by atoms with van der Waals surface area (Å²) in [6, 6.07) is 0. The third-order valence-electron chi connectivity index (χ3n) is 5.99. The number of aromatic nitrogens is 2. The van der Waals surface area contributed by atoms with Gasteiger partial charge in [0.05, 0.1) is 0 Å². The first-order valence-corrected chi connectivity index (χ1v) is 11.2. The second-order valence-electron chi connectivity index (χ2n) is 7.55. The number of rotatable bonds is 4. The van der Waals surface area contributed by atoms with Crippen molar-refractivity contribution in [3.63, 3.8) is 0 Å². The predicted molar refractivity (Wildman–Crippen MR) is 108 cm³/mol. The summed E-state index contributed by atoms with van der Waals surface area (Å²) in [5.74, 6) is 1.07. The Balaban J connectivity index is 1.32. The lowest BCUT2D eigenvalue weighted by Crippen LogP contribution is -2.44. The van der Waals surface area contributed by atoms with Crippen molar-refractivity contribution in [3.05, 3.63) is 16.8 Å². The third-order valence-corrected chi connectivity index (χ3v) is 8.10. The number of fused-ring (bicyclic) bond motifs is 1. The highest BCUT2D eigenvalue weighted by Gasteiger charge is 2.37. The van der Waals surface area contributed by atoms with E-state index in [9.17, 15) is 4.79 Å². The number of thiophene rings is 1. The molecule has 0 aliphatic carbocycles. The standard InChI is InChI=1S/C19H26N4OS2/c1-13-14(2)26-18-16(13)17(21-12-22-18)25-10-3-15(24)23-8-5-19(6-9-23)4-7-20-11-19/h12,20H,3-11H2,1-2H3. The fourth-order valence-electron chi connectivity index (χ4n) is 4.11. The molecule has 0 radical (unpaired) electrons. The lowest BCUT2D eigenvalue weighted by atomic mass is 9.78. The van der Waals surface area contributed by atoms with E-state index in [0.29, 0.717) is 17.7 Å². The molecule has 2 aliphatic heterocycles. The Morgan fingerprint density at radius 1 is 1.31 bits per heavy atom. The van der Waals surface area contributed by atoms with Crippen LogP contribution in [0, 0.1) is 19.3 Å². The van der Waals surface area contributed by atoms with Crippen LogP contribution in [0.1, 0.15) is 36.1 Å². The molecule has 2 aromatic heterocycles. The van der Waals surface area contributed by atoms with Gasteiger partial charge in [-0.05, 0) is 50.6 Å². The monoisotopic (exact) mass is 390 g/mol. The van der Waals surface area contributed by atoms with E-state index in [1.807, 2.05) is 0 Å². The van der Waals surface area contributed by atoms with Gasteiger partial charge in [0.15, 0.2) is 0 Å². The molecule has 2 saturated heterocycles. The van der Waals surface area contributed by atoms with E-state index < -0.39 is 0 Å². The number of carbonyl (C=O) groups is 1. The van der Waals surface area contributed by atoms with Crippen molar-refractivity contribution in [2.75, 3.05) is 31.9 Å². The van der Waals surface area contributed by atoms with E-state index in [1.165, 1.54) is 22.2 Å². The summed E-state index contributed by atoms with van der Waals surface area (Å²) in [5.41, 5.74) is 1.73. The Morgan fingerprint density at radius 2 is 2.12 bits per heavy atom. The first-order chi connectivity index (χ1) is 12.6. The van der Waals surface area contributed by atoms with Crippen molar-refractivity contribution in [1.29, 1.82) is 0 Å². The second-order valence-corrected chi connectivity index (χ2v) is 9.84. The quantitative estimate of drug-likeness (QED) is 0.641. The van der Waals surface area contributed by atoms with Crippen molar-refractivity contribution in [2.45, 2.75) is 44.6 Å². The lowest BCUT2D eigenvalue weighted by molar-refractivity contribution is -0.132. The maximum absolute atomic E-state index is 12.6. The van der Waals surface area contributed by atoms with E-state index in [4.69, 9.17) is 0 Å². The molecule has 0 saturated carbocycles. The molecule has 0 unspecified atom stereocenters. The lowest BCUT2D eigenvalue weighted by Gasteiger charge is -2.39. The normalized spacial score (nSPS) is 19.5. The number of hydrogen-bond acceptors (Lipinski definition) is 6. The van der Waals surface area contributed by atoms with Gasteiger partial charge in [0, 0.05) is 42.1 Å². The van der Waals surface area contributed by atoms with Crippen molar-refractivity contribution in [2.24, 2.45) is 5.41 Å². The highest BCUT2D eigenvalue weighted by Crippen LogP contribution is 2.37. The third kappa shape index (κ3) is 3.49. The topological polar surface area (TPSA) is 58.1 Å². The molecule has 2 aliphatic rings. The summed E-state index contributed by atoms with van der Waals surface area (Å²) in [4.78, 5) is 25.9. The van der Waals surface area contributed by atoms with Crippen LogP contribution < -0.4 is 5.32 Å². The molecule has 140 valence electrons. The van der Waals surface area contributed by atoms with E-state index in [0.717, 1.165) is 54.6 Å². The summed E-state index contributed by atoms with van der Waals surface area (Å²) in [6.45, 7) is 8.38.